The number of nitrogens with one attached hydrogen (secondary N) is 1. The van der Waals surface area contributed by atoms with Crippen LogP contribution >= 0.6 is 11.3 Å². The lowest BCUT2D eigenvalue weighted by atomic mass is 10.1. The van der Waals surface area contributed by atoms with Gasteiger partial charge < -0.3 is 11.1 Å². The predicted molar refractivity (Wildman–Crippen MR) is 73.7 cm³/mol. The van der Waals surface area contributed by atoms with Crippen molar-refractivity contribution >= 4 is 22.9 Å². The molecule has 0 saturated heterocycles. The number of hydrogen-bond acceptors (Lipinski definition) is 4. The van der Waals surface area contributed by atoms with Crippen LogP contribution in [0.4, 0.5) is 10.1 Å². The van der Waals surface area contributed by atoms with Crippen LogP contribution in [-0.2, 0) is 0 Å². The predicted octanol–water partition coefficient (Wildman–Crippen LogP) is 2.40. The zero-order valence-electron chi connectivity index (χ0n) is 10.4. The van der Waals surface area contributed by atoms with E-state index in [2.05, 4.69) is 10.3 Å². The summed E-state index contributed by atoms with van der Waals surface area (Å²) < 4.78 is 13.2. The number of para-hydroxylation sites is 1. The van der Waals surface area contributed by atoms with E-state index in [0.717, 1.165) is 5.01 Å². The molecule has 4 nitrogen and oxygen atoms in total. The molecule has 0 radical (unpaired) electrons. The Balaban J connectivity index is 2.00. The van der Waals surface area contributed by atoms with E-state index in [0.29, 0.717) is 6.54 Å². The van der Waals surface area contributed by atoms with Crippen molar-refractivity contribution in [3.63, 3.8) is 0 Å². The lowest BCUT2D eigenvalue weighted by Crippen LogP contribution is -2.28. The Hall–Kier alpha value is -1.95. The van der Waals surface area contributed by atoms with E-state index in [-0.39, 0.29) is 23.1 Å². The Morgan fingerprint density at radius 1 is 1.58 bits per heavy atom. The van der Waals surface area contributed by atoms with Crippen LogP contribution in [0.5, 0.6) is 0 Å². The summed E-state index contributed by atoms with van der Waals surface area (Å²) in [5.74, 6) is -0.847. The number of aromatic nitrogens is 1. The summed E-state index contributed by atoms with van der Waals surface area (Å²) in [6.07, 6.45) is 1.73. The molecule has 0 aliphatic heterocycles. The molecule has 3 N–H and O–H groups in total. The monoisotopic (exact) mass is 279 g/mol. The van der Waals surface area contributed by atoms with Crippen molar-refractivity contribution in [3.05, 3.63) is 46.2 Å². The summed E-state index contributed by atoms with van der Waals surface area (Å²) in [4.78, 5) is 16.1. The van der Waals surface area contributed by atoms with Crippen molar-refractivity contribution in [2.24, 2.45) is 0 Å². The lowest BCUT2D eigenvalue weighted by Gasteiger charge is -2.11. The van der Waals surface area contributed by atoms with Crippen LogP contribution in [0.2, 0.25) is 0 Å². The number of nitrogens with zero attached hydrogens (tertiary/aromatic N) is 1. The molecule has 0 spiro atoms. The second kappa shape index (κ2) is 5.79. The van der Waals surface area contributed by atoms with E-state index in [9.17, 15) is 9.18 Å². The number of halogens is 1. The van der Waals surface area contributed by atoms with Crippen molar-refractivity contribution in [2.75, 3.05) is 12.3 Å². The fraction of sp³-hybridized carbons (Fsp3) is 0.231. The number of thiazole rings is 1. The maximum atomic E-state index is 13.2. The molecule has 100 valence electrons. The largest absolute Gasteiger partial charge is 0.396 e. The number of carbonyl (C=O) groups is 1. The van der Waals surface area contributed by atoms with Gasteiger partial charge >= 0.3 is 0 Å². The van der Waals surface area contributed by atoms with E-state index < -0.39 is 5.82 Å². The zero-order valence-corrected chi connectivity index (χ0v) is 11.2. The minimum atomic E-state index is -0.583. The van der Waals surface area contributed by atoms with Crippen LogP contribution in [-0.4, -0.2) is 17.4 Å². The summed E-state index contributed by atoms with van der Waals surface area (Å²) in [5, 5.41) is 5.57. The molecule has 19 heavy (non-hydrogen) atoms. The van der Waals surface area contributed by atoms with Gasteiger partial charge in [-0.3, -0.25) is 4.79 Å². The Labute approximate surface area is 114 Å². The molecule has 0 saturated carbocycles. The Morgan fingerprint density at radius 2 is 2.37 bits per heavy atom. The van der Waals surface area contributed by atoms with Gasteiger partial charge in [0.2, 0.25) is 0 Å². The van der Waals surface area contributed by atoms with Crippen LogP contribution in [0.15, 0.2) is 29.8 Å². The Morgan fingerprint density at radius 3 is 3.05 bits per heavy atom. The van der Waals surface area contributed by atoms with E-state index in [1.165, 1.54) is 29.5 Å². The SMILES string of the molecule is CC(CNC(=O)c1cccc(F)c1N)c1nccs1. The third-order valence-electron chi connectivity index (χ3n) is 2.74. The standard InChI is InChI=1S/C13H14FN3OS/c1-8(13-16-5-6-19-13)7-17-12(18)9-3-2-4-10(14)11(9)15/h2-6,8H,7,15H2,1H3,(H,17,18). The van der Waals surface area contributed by atoms with Gasteiger partial charge in [-0.25, -0.2) is 9.37 Å². The highest BCUT2D eigenvalue weighted by atomic mass is 32.1. The molecule has 1 unspecified atom stereocenters. The molecule has 1 amide bonds. The summed E-state index contributed by atoms with van der Waals surface area (Å²) in [6.45, 7) is 2.40. The average molecular weight is 279 g/mol. The summed E-state index contributed by atoms with van der Waals surface area (Å²) in [5.41, 5.74) is 5.57. The van der Waals surface area contributed by atoms with Gasteiger partial charge in [-0.05, 0) is 12.1 Å². The minimum absolute atomic E-state index is 0.110. The highest BCUT2D eigenvalue weighted by molar-refractivity contribution is 7.09. The first-order chi connectivity index (χ1) is 9.09. The smallest absolute Gasteiger partial charge is 0.253 e. The van der Waals surface area contributed by atoms with E-state index >= 15 is 0 Å². The van der Waals surface area contributed by atoms with Gasteiger partial charge in [0.05, 0.1) is 16.3 Å². The highest BCUT2D eigenvalue weighted by Gasteiger charge is 2.14. The Bertz CT molecular complexity index is 571. The van der Waals surface area contributed by atoms with Crippen LogP contribution in [0.3, 0.4) is 0 Å². The van der Waals surface area contributed by atoms with Gasteiger partial charge in [-0.1, -0.05) is 13.0 Å². The second-order valence-corrected chi connectivity index (χ2v) is 5.11. The zero-order chi connectivity index (χ0) is 13.8. The third-order valence-corrected chi connectivity index (χ3v) is 3.75. The maximum absolute atomic E-state index is 13.2. The van der Waals surface area contributed by atoms with Crippen molar-refractivity contribution in [2.45, 2.75) is 12.8 Å². The number of carbonyl (C=O) groups excluding carboxylic acids is 1. The molecule has 0 bridgehead atoms. The molecule has 0 fully saturated rings. The number of nitrogen functional groups attached to an aromatic ring is 1. The van der Waals surface area contributed by atoms with E-state index in [1.54, 1.807) is 6.20 Å². The van der Waals surface area contributed by atoms with E-state index in [4.69, 9.17) is 5.73 Å². The first kappa shape index (κ1) is 13.5. The molecular weight excluding hydrogens is 265 g/mol. The fourth-order valence-corrected chi connectivity index (χ4v) is 2.34. The number of hydrogen-bond donors (Lipinski definition) is 2. The molecule has 0 aliphatic carbocycles. The van der Waals surface area contributed by atoms with Gasteiger partial charge in [0.1, 0.15) is 5.82 Å². The third kappa shape index (κ3) is 3.08. The number of amides is 1. The van der Waals surface area contributed by atoms with Crippen molar-refractivity contribution < 1.29 is 9.18 Å². The molecule has 1 aromatic carbocycles. The molecule has 1 heterocycles. The highest BCUT2D eigenvalue weighted by Crippen LogP contribution is 2.18. The van der Waals surface area contributed by atoms with Gasteiger partial charge in [-0.15, -0.1) is 11.3 Å². The molecule has 2 rings (SSSR count). The van der Waals surface area contributed by atoms with Gasteiger partial charge in [0.25, 0.3) is 5.91 Å². The minimum Gasteiger partial charge on any atom is -0.396 e. The molecule has 0 aliphatic rings. The van der Waals surface area contributed by atoms with Crippen LogP contribution in [0.25, 0.3) is 0 Å². The molecule has 1 aromatic heterocycles. The van der Waals surface area contributed by atoms with Crippen LogP contribution in [0.1, 0.15) is 28.2 Å². The van der Waals surface area contributed by atoms with Crippen LogP contribution < -0.4 is 11.1 Å². The van der Waals surface area contributed by atoms with Crippen LogP contribution in [0, 0.1) is 5.82 Å². The maximum Gasteiger partial charge on any atom is 0.253 e. The normalized spacial score (nSPS) is 12.1. The summed E-state index contributed by atoms with van der Waals surface area (Å²) in [6, 6.07) is 4.19. The van der Waals surface area contributed by atoms with Crippen molar-refractivity contribution in [1.82, 2.24) is 10.3 Å². The quantitative estimate of drug-likeness (QED) is 0.844. The number of rotatable bonds is 4. The van der Waals surface area contributed by atoms with Gasteiger partial charge in [-0.2, -0.15) is 0 Å². The molecule has 1 atom stereocenters. The van der Waals surface area contributed by atoms with Gasteiger partial charge in [0, 0.05) is 24.0 Å². The van der Waals surface area contributed by atoms with E-state index in [1.807, 2.05) is 12.3 Å². The summed E-state index contributed by atoms with van der Waals surface area (Å²) in [7, 11) is 0. The van der Waals surface area contributed by atoms with Gasteiger partial charge in [0.15, 0.2) is 0 Å². The second-order valence-electron chi connectivity index (χ2n) is 4.18. The molecular formula is C13H14FN3OS. The number of anilines is 1. The molecule has 6 heteroatoms. The van der Waals surface area contributed by atoms with Crippen molar-refractivity contribution in [1.29, 1.82) is 0 Å². The summed E-state index contributed by atoms with van der Waals surface area (Å²) >= 11 is 1.54. The first-order valence-corrected chi connectivity index (χ1v) is 6.69. The average Bonchev–Trinajstić information content (AvgIpc) is 2.93. The lowest BCUT2D eigenvalue weighted by molar-refractivity contribution is 0.0952. The number of nitrogens with two attached hydrogens (primary N) is 1. The number of benzene rings is 1. The fourth-order valence-electron chi connectivity index (χ4n) is 1.64. The Kier molecular flexibility index (Phi) is 4.11. The molecule has 2 aromatic rings. The topological polar surface area (TPSA) is 68.0 Å². The van der Waals surface area contributed by atoms with Crippen molar-refractivity contribution in [3.8, 4) is 0 Å². The first-order valence-electron chi connectivity index (χ1n) is 5.81.